The van der Waals surface area contributed by atoms with Gasteiger partial charge in [-0.15, -0.1) is 10.2 Å². The zero-order valence-electron chi connectivity index (χ0n) is 10.0. The van der Waals surface area contributed by atoms with E-state index in [-0.39, 0.29) is 11.5 Å². The van der Waals surface area contributed by atoms with Gasteiger partial charge in [0.2, 0.25) is 5.95 Å². The molecule has 0 fully saturated rings. The maximum Gasteiger partial charge on any atom is 0.274 e. The zero-order valence-corrected chi connectivity index (χ0v) is 10.0. The van der Waals surface area contributed by atoms with Crippen molar-refractivity contribution in [2.45, 2.75) is 13.8 Å². The Morgan fingerprint density at radius 1 is 1.33 bits per heavy atom. The zero-order chi connectivity index (χ0) is 13.0. The van der Waals surface area contributed by atoms with Gasteiger partial charge in [-0.2, -0.15) is 5.10 Å². The van der Waals surface area contributed by atoms with E-state index in [0.29, 0.717) is 5.69 Å². The van der Waals surface area contributed by atoms with E-state index >= 15 is 0 Å². The topological polar surface area (TPSA) is 95.9 Å². The van der Waals surface area contributed by atoms with Gasteiger partial charge in [0.15, 0.2) is 0 Å². The third-order valence-electron chi connectivity index (χ3n) is 2.29. The molecule has 0 aliphatic rings. The van der Waals surface area contributed by atoms with Gasteiger partial charge in [-0.1, -0.05) is 0 Å². The number of aromatic nitrogens is 4. The van der Waals surface area contributed by atoms with E-state index in [1.807, 2.05) is 19.1 Å². The number of hydrogen-bond acceptors (Lipinski definition) is 6. The highest BCUT2D eigenvalue weighted by atomic mass is 16.1. The van der Waals surface area contributed by atoms with Crippen molar-refractivity contribution in [1.29, 1.82) is 0 Å². The Hall–Kier alpha value is -2.57. The van der Waals surface area contributed by atoms with E-state index in [9.17, 15) is 4.79 Å². The van der Waals surface area contributed by atoms with E-state index < -0.39 is 0 Å². The minimum absolute atomic E-state index is 0.207. The first-order chi connectivity index (χ1) is 8.66. The SMILES string of the molecule is C/C(=N/Nc1nnc(C)c(=O)[nH]1)c1ccncc1. The average Bonchev–Trinajstić information content (AvgIpc) is 2.41. The van der Waals surface area contributed by atoms with Crippen molar-refractivity contribution in [3.05, 3.63) is 46.1 Å². The summed E-state index contributed by atoms with van der Waals surface area (Å²) < 4.78 is 0. The maximum absolute atomic E-state index is 11.3. The number of anilines is 1. The summed E-state index contributed by atoms with van der Waals surface area (Å²) in [5.74, 6) is 0.207. The van der Waals surface area contributed by atoms with Gasteiger partial charge in [0.25, 0.3) is 5.56 Å². The summed E-state index contributed by atoms with van der Waals surface area (Å²) in [5.41, 5.74) is 4.36. The number of aromatic amines is 1. The highest BCUT2D eigenvalue weighted by Crippen LogP contribution is 2.00. The molecule has 92 valence electrons. The third kappa shape index (κ3) is 2.76. The minimum atomic E-state index is -0.288. The Labute approximate surface area is 103 Å². The highest BCUT2D eigenvalue weighted by molar-refractivity contribution is 5.98. The normalized spacial score (nSPS) is 11.3. The van der Waals surface area contributed by atoms with Crippen molar-refractivity contribution in [2.75, 3.05) is 5.43 Å². The van der Waals surface area contributed by atoms with Gasteiger partial charge >= 0.3 is 0 Å². The fraction of sp³-hybridized carbons (Fsp3) is 0.182. The summed E-state index contributed by atoms with van der Waals surface area (Å²) in [7, 11) is 0. The van der Waals surface area contributed by atoms with Crippen molar-refractivity contribution in [3.63, 3.8) is 0 Å². The predicted molar refractivity (Wildman–Crippen MR) is 67.5 cm³/mol. The van der Waals surface area contributed by atoms with Gasteiger partial charge < -0.3 is 0 Å². The summed E-state index contributed by atoms with van der Waals surface area (Å²) in [4.78, 5) is 17.7. The van der Waals surface area contributed by atoms with Gasteiger partial charge in [0, 0.05) is 18.0 Å². The Balaban J connectivity index is 2.15. The van der Waals surface area contributed by atoms with Crippen LogP contribution in [0.25, 0.3) is 0 Å². The number of pyridine rings is 1. The van der Waals surface area contributed by atoms with Crippen LogP contribution < -0.4 is 11.0 Å². The van der Waals surface area contributed by atoms with Crippen LogP contribution >= 0.6 is 0 Å². The fourth-order valence-corrected chi connectivity index (χ4v) is 1.24. The fourth-order valence-electron chi connectivity index (χ4n) is 1.24. The maximum atomic E-state index is 11.3. The monoisotopic (exact) mass is 244 g/mol. The van der Waals surface area contributed by atoms with Crippen molar-refractivity contribution < 1.29 is 0 Å². The highest BCUT2D eigenvalue weighted by Gasteiger charge is 1.99. The third-order valence-corrected chi connectivity index (χ3v) is 2.29. The molecule has 0 atom stereocenters. The molecule has 0 amide bonds. The molecule has 7 heteroatoms. The molecule has 0 spiro atoms. The number of nitrogens with zero attached hydrogens (tertiary/aromatic N) is 4. The van der Waals surface area contributed by atoms with Crippen LogP contribution in [0.4, 0.5) is 5.95 Å². The van der Waals surface area contributed by atoms with Gasteiger partial charge in [-0.25, -0.2) is 5.43 Å². The van der Waals surface area contributed by atoms with Crippen LogP contribution in [0.15, 0.2) is 34.4 Å². The number of rotatable bonds is 3. The van der Waals surface area contributed by atoms with Gasteiger partial charge in [0.1, 0.15) is 5.69 Å². The molecule has 0 bridgehead atoms. The van der Waals surface area contributed by atoms with E-state index in [4.69, 9.17) is 0 Å². The molecule has 0 radical (unpaired) electrons. The molecule has 0 aliphatic heterocycles. The summed E-state index contributed by atoms with van der Waals surface area (Å²) in [5, 5.41) is 11.6. The Morgan fingerprint density at radius 2 is 2.06 bits per heavy atom. The largest absolute Gasteiger partial charge is 0.288 e. The molecule has 2 aromatic heterocycles. The van der Waals surface area contributed by atoms with Gasteiger partial charge in [0.05, 0.1) is 5.71 Å². The first-order valence-electron chi connectivity index (χ1n) is 5.31. The van der Waals surface area contributed by atoms with Crippen LogP contribution in [0.5, 0.6) is 0 Å². The summed E-state index contributed by atoms with van der Waals surface area (Å²) in [6.07, 6.45) is 3.36. The van der Waals surface area contributed by atoms with Crippen molar-refractivity contribution in [3.8, 4) is 0 Å². The second kappa shape index (κ2) is 5.17. The molecule has 0 aliphatic carbocycles. The van der Waals surface area contributed by atoms with E-state index in [2.05, 4.69) is 30.7 Å². The van der Waals surface area contributed by atoms with E-state index in [1.165, 1.54) is 0 Å². The smallest absolute Gasteiger partial charge is 0.274 e. The number of aryl methyl sites for hydroxylation is 1. The number of hydrogen-bond donors (Lipinski definition) is 2. The van der Waals surface area contributed by atoms with Crippen LogP contribution in [0.2, 0.25) is 0 Å². The van der Waals surface area contributed by atoms with Gasteiger partial charge in [-0.05, 0) is 26.0 Å². The van der Waals surface area contributed by atoms with Gasteiger partial charge in [-0.3, -0.25) is 14.8 Å². The quantitative estimate of drug-likeness (QED) is 0.612. The molecule has 7 nitrogen and oxygen atoms in total. The molecular weight excluding hydrogens is 232 g/mol. The lowest BCUT2D eigenvalue weighted by Gasteiger charge is -2.01. The van der Waals surface area contributed by atoms with Crippen LogP contribution in [0.3, 0.4) is 0 Å². The number of nitrogens with one attached hydrogen (secondary N) is 2. The lowest BCUT2D eigenvalue weighted by Crippen LogP contribution is -2.16. The predicted octanol–water partition coefficient (Wildman–Crippen LogP) is 0.704. The summed E-state index contributed by atoms with van der Waals surface area (Å²) >= 11 is 0. The van der Waals surface area contributed by atoms with Crippen molar-refractivity contribution >= 4 is 11.7 Å². The molecule has 2 heterocycles. The molecule has 2 N–H and O–H groups in total. The Morgan fingerprint density at radius 3 is 2.72 bits per heavy atom. The molecule has 2 rings (SSSR count). The van der Waals surface area contributed by atoms with Crippen molar-refractivity contribution in [2.24, 2.45) is 5.10 Å². The molecular formula is C11H12N6O. The second-order valence-corrected chi connectivity index (χ2v) is 3.63. The van der Waals surface area contributed by atoms with Crippen molar-refractivity contribution in [1.82, 2.24) is 20.2 Å². The van der Waals surface area contributed by atoms with Crippen LogP contribution in [0, 0.1) is 6.92 Å². The van der Waals surface area contributed by atoms with Crippen LogP contribution in [-0.4, -0.2) is 25.9 Å². The van der Waals surface area contributed by atoms with Crippen LogP contribution in [-0.2, 0) is 0 Å². The first kappa shape index (κ1) is 11.9. The molecule has 18 heavy (non-hydrogen) atoms. The van der Waals surface area contributed by atoms with Crippen LogP contribution in [0.1, 0.15) is 18.2 Å². The minimum Gasteiger partial charge on any atom is -0.288 e. The Kier molecular flexibility index (Phi) is 3.42. The number of H-pyrrole nitrogens is 1. The molecule has 0 aromatic carbocycles. The average molecular weight is 244 g/mol. The molecule has 2 aromatic rings. The number of hydrazone groups is 1. The molecule has 0 unspecified atom stereocenters. The Bertz CT molecular complexity index is 619. The first-order valence-corrected chi connectivity index (χ1v) is 5.31. The molecule has 0 saturated heterocycles. The lowest BCUT2D eigenvalue weighted by molar-refractivity contribution is 0.897. The van der Waals surface area contributed by atoms with E-state index in [0.717, 1.165) is 11.3 Å². The standard InChI is InChI=1S/C11H12N6O/c1-7(9-3-5-12-6-4-9)14-16-11-13-10(18)8(2)15-17-11/h3-6H,1-2H3,(H2,13,16,17,18)/b14-7-. The second-order valence-electron chi connectivity index (χ2n) is 3.63. The summed E-state index contributed by atoms with van der Waals surface area (Å²) in [6, 6.07) is 3.67. The molecule has 0 saturated carbocycles. The van der Waals surface area contributed by atoms with E-state index in [1.54, 1.807) is 19.3 Å². The lowest BCUT2D eigenvalue weighted by atomic mass is 10.2. The summed E-state index contributed by atoms with van der Waals surface area (Å²) in [6.45, 7) is 3.42.